The average Bonchev–Trinajstić information content (AvgIpc) is 2.60. The minimum Gasteiger partial charge on any atom is -0.508 e. The van der Waals surface area contributed by atoms with Crippen LogP contribution in [-0.4, -0.2) is 22.1 Å². The molecule has 4 heteroatoms. The fourth-order valence-corrected chi connectivity index (χ4v) is 3.07. The van der Waals surface area contributed by atoms with Gasteiger partial charge in [-0.2, -0.15) is 0 Å². The molecular weight excluding hydrogens is 352 g/mol. The Balaban J connectivity index is 2.56. The zero-order chi connectivity index (χ0) is 21.0. The molecule has 0 aliphatic rings. The Morgan fingerprint density at radius 3 is 2.07 bits per heavy atom. The van der Waals surface area contributed by atoms with Crippen LogP contribution in [0.25, 0.3) is 6.08 Å². The summed E-state index contributed by atoms with van der Waals surface area (Å²) in [5.74, 6) is 1.03. The number of ether oxygens (including phenoxy) is 1. The molecule has 0 heterocycles. The van der Waals surface area contributed by atoms with Crippen molar-refractivity contribution in [1.29, 1.82) is 0 Å². The summed E-state index contributed by atoms with van der Waals surface area (Å²) in [6, 6.07) is 8.04. The predicted molar refractivity (Wildman–Crippen MR) is 114 cm³/mol. The molecule has 2 aromatic rings. The highest BCUT2D eigenvalue weighted by Crippen LogP contribution is 2.43. The first-order valence-electron chi connectivity index (χ1n) is 9.69. The molecule has 0 atom stereocenters. The number of allylic oxidation sites excluding steroid dienone is 1. The quantitative estimate of drug-likeness (QED) is 0.453. The number of ketones is 1. The monoisotopic (exact) mass is 382 g/mol. The zero-order valence-corrected chi connectivity index (χ0v) is 17.5. The summed E-state index contributed by atoms with van der Waals surface area (Å²) in [5.41, 5.74) is 2.85. The van der Waals surface area contributed by atoms with Crippen molar-refractivity contribution in [2.45, 2.75) is 59.5 Å². The van der Waals surface area contributed by atoms with Crippen LogP contribution in [0.4, 0.5) is 0 Å². The lowest BCUT2D eigenvalue weighted by Crippen LogP contribution is -2.11. The highest BCUT2D eigenvalue weighted by molar-refractivity contribution is 6.07. The second-order valence-corrected chi connectivity index (χ2v) is 7.87. The third-order valence-corrected chi connectivity index (χ3v) is 4.47. The number of benzene rings is 2. The Labute approximate surface area is 167 Å². The summed E-state index contributed by atoms with van der Waals surface area (Å²) < 4.78 is 6.05. The van der Waals surface area contributed by atoms with Gasteiger partial charge in [0.05, 0.1) is 6.10 Å². The van der Waals surface area contributed by atoms with E-state index in [1.54, 1.807) is 18.2 Å². The van der Waals surface area contributed by atoms with Gasteiger partial charge in [-0.25, -0.2) is 0 Å². The Kier molecular flexibility index (Phi) is 6.90. The molecule has 0 saturated carbocycles. The van der Waals surface area contributed by atoms with Crippen LogP contribution < -0.4 is 4.74 Å². The second-order valence-electron chi connectivity index (χ2n) is 7.87. The Hall–Kier alpha value is -2.75. The van der Waals surface area contributed by atoms with E-state index in [2.05, 4.69) is 0 Å². The van der Waals surface area contributed by atoms with Crippen molar-refractivity contribution in [2.75, 3.05) is 0 Å². The largest absolute Gasteiger partial charge is 0.508 e. The van der Waals surface area contributed by atoms with Gasteiger partial charge in [-0.15, -0.1) is 0 Å². The van der Waals surface area contributed by atoms with Gasteiger partial charge in [0.1, 0.15) is 17.2 Å². The number of hydrogen-bond acceptors (Lipinski definition) is 4. The smallest absolute Gasteiger partial charge is 0.185 e. The van der Waals surface area contributed by atoms with Crippen molar-refractivity contribution < 1.29 is 19.7 Å². The molecule has 0 bridgehead atoms. The van der Waals surface area contributed by atoms with Crippen LogP contribution in [0.2, 0.25) is 0 Å². The number of carbonyl (C=O) groups is 1. The number of phenols is 2. The molecule has 2 N–H and O–H groups in total. The molecule has 2 aromatic carbocycles. The molecule has 0 aromatic heterocycles. The van der Waals surface area contributed by atoms with Gasteiger partial charge in [-0.05, 0) is 73.7 Å². The van der Waals surface area contributed by atoms with Crippen LogP contribution in [0.3, 0.4) is 0 Å². The fraction of sp³-hybridized carbons (Fsp3) is 0.375. The molecule has 0 saturated heterocycles. The van der Waals surface area contributed by atoms with E-state index in [4.69, 9.17) is 4.74 Å². The SMILES string of the molecule is CC(C)Oc1c(/C=C/C(=O)c2ccc(O)cc2)cc(C(C)C)c(O)c1C(C)C. The van der Waals surface area contributed by atoms with Gasteiger partial charge in [0.2, 0.25) is 0 Å². The second kappa shape index (κ2) is 8.96. The lowest BCUT2D eigenvalue weighted by molar-refractivity contribution is 0.104. The van der Waals surface area contributed by atoms with Crippen LogP contribution in [0.15, 0.2) is 36.4 Å². The molecule has 150 valence electrons. The molecule has 2 rings (SSSR count). The molecule has 0 aliphatic heterocycles. The van der Waals surface area contributed by atoms with E-state index < -0.39 is 0 Å². The standard InChI is InChI=1S/C24H30O4/c1-14(2)20-13-18(9-12-21(26)17-7-10-19(25)11-8-17)24(28-16(5)6)22(15(3)4)23(20)27/h7-16,25,27H,1-6H3/b12-9+. The van der Waals surface area contributed by atoms with Gasteiger partial charge < -0.3 is 14.9 Å². The van der Waals surface area contributed by atoms with E-state index in [0.29, 0.717) is 11.3 Å². The van der Waals surface area contributed by atoms with Crippen LogP contribution >= 0.6 is 0 Å². The van der Waals surface area contributed by atoms with Gasteiger partial charge in [0.25, 0.3) is 0 Å². The Morgan fingerprint density at radius 2 is 1.57 bits per heavy atom. The summed E-state index contributed by atoms with van der Waals surface area (Å²) in [7, 11) is 0. The van der Waals surface area contributed by atoms with Gasteiger partial charge in [-0.1, -0.05) is 27.7 Å². The maximum atomic E-state index is 12.5. The minimum absolute atomic E-state index is 0.0624. The van der Waals surface area contributed by atoms with E-state index in [-0.39, 0.29) is 35.2 Å². The highest BCUT2D eigenvalue weighted by atomic mass is 16.5. The lowest BCUT2D eigenvalue weighted by Gasteiger charge is -2.23. The first-order valence-corrected chi connectivity index (χ1v) is 9.69. The highest BCUT2D eigenvalue weighted by Gasteiger charge is 2.22. The maximum Gasteiger partial charge on any atom is 0.185 e. The van der Waals surface area contributed by atoms with Crippen LogP contribution in [-0.2, 0) is 0 Å². The first-order chi connectivity index (χ1) is 13.1. The third kappa shape index (κ3) is 4.94. The van der Waals surface area contributed by atoms with Crippen molar-refractivity contribution in [3.05, 3.63) is 58.7 Å². The first kappa shape index (κ1) is 21.5. The van der Waals surface area contributed by atoms with Crippen LogP contribution in [0.5, 0.6) is 17.2 Å². The average molecular weight is 383 g/mol. The summed E-state index contributed by atoms with van der Waals surface area (Å²) in [6.07, 6.45) is 3.17. The summed E-state index contributed by atoms with van der Waals surface area (Å²) in [4.78, 5) is 12.5. The van der Waals surface area contributed by atoms with Gasteiger partial charge >= 0.3 is 0 Å². The van der Waals surface area contributed by atoms with Gasteiger partial charge in [0.15, 0.2) is 5.78 Å². The molecule has 4 nitrogen and oxygen atoms in total. The van der Waals surface area contributed by atoms with Crippen LogP contribution in [0, 0.1) is 0 Å². The number of rotatable bonds is 7. The molecule has 0 unspecified atom stereocenters. The number of hydrogen-bond donors (Lipinski definition) is 2. The van der Waals surface area contributed by atoms with E-state index >= 15 is 0 Å². The summed E-state index contributed by atoms with van der Waals surface area (Å²) in [5, 5.41) is 20.2. The summed E-state index contributed by atoms with van der Waals surface area (Å²) in [6.45, 7) is 12.0. The lowest BCUT2D eigenvalue weighted by atomic mass is 9.90. The molecule has 0 amide bonds. The van der Waals surface area contributed by atoms with Crippen LogP contribution in [0.1, 0.15) is 80.4 Å². The Bertz CT molecular complexity index is 859. The summed E-state index contributed by atoms with van der Waals surface area (Å²) >= 11 is 0. The van der Waals surface area contributed by atoms with Gasteiger partial charge in [0, 0.05) is 16.7 Å². The van der Waals surface area contributed by atoms with Gasteiger partial charge in [-0.3, -0.25) is 4.79 Å². The van der Waals surface area contributed by atoms with Crippen molar-refractivity contribution in [2.24, 2.45) is 0 Å². The van der Waals surface area contributed by atoms with E-state index in [0.717, 1.165) is 16.7 Å². The number of aromatic hydroxyl groups is 2. The minimum atomic E-state index is -0.166. The third-order valence-electron chi connectivity index (χ3n) is 4.47. The van der Waals surface area contributed by atoms with Crippen molar-refractivity contribution in [1.82, 2.24) is 0 Å². The molecule has 28 heavy (non-hydrogen) atoms. The van der Waals surface area contributed by atoms with Crippen molar-refractivity contribution >= 4 is 11.9 Å². The zero-order valence-electron chi connectivity index (χ0n) is 17.5. The van der Waals surface area contributed by atoms with E-state index in [9.17, 15) is 15.0 Å². The molecule has 0 aliphatic carbocycles. The van der Waals surface area contributed by atoms with E-state index in [1.807, 2.05) is 47.6 Å². The normalized spacial score (nSPS) is 11.8. The number of phenolic OH excluding ortho intramolecular Hbond substituents is 2. The topological polar surface area (TPSA) is 66.8 Å². The maximum absolute atomic E-state index is 12.5. The van der Waals surface area contributed by atoms with Crippen molar-refractivity contribution in [3.63, 3.8) is 0 Å². The predicted octanol–water partition coefficient (Wildman–Crippen LogP) is 6.03. The molecule has 0 fully saturated rings. The molecule has 0 spiro atoms. The Morgan fingerprint density at radius 1 is 0.964 bits per heavy atom. The fourth-order valence-electron chi connectivity index (χ4n) is 3.07. The van der Waals surface area contributed by atoms with E-state index in [1.165, 1.54) is 18.2 Å². The molecular formula is C24H30O4. The number of carbonyl (C=O) groups excluding carboxylic acids is 1. The van der Waals surface area contributed by atoms with Crippen molar-refractivity contribution in [3.8, 4) is 17.2 Å². The molecule has 0 radical (unpaired) electrons.